The van der Waals surface area contributed by atoms with Gasteiger partial charge in [0, 0.05) is 0 Å². The molecule has 4 nitrogen and oxygen atoms in total. The molecule has 0 aromatic carbocycles. The Morgan fingerprint density at radius 3 is 2.70 bits per heavy atom. The van der Waals surface area contributed by atoms with Crippen LogP contribution in [0, 0.1) is 11.3 Å². The summed E-state index contributed by atoms with van der Waals surface area (Å²) in [7, 11) is 0. The maximum atomic E-state index is 10.4. The molecule has 52 valence electrons. The molecule has 0 fully saturated rings. The van der Waals surface area contributed by atoms with Gasteiger partial charge in [-0.25, -0.2) is 5.48 Å². The van der Waals surface area contributed by atoms with E-state index >= 15 is 0 Å². The second kappa shape index (κ2) is 4.30. The van der Waals surface area contributed by atoms with Crippen molar-refractivity contribution in [3.8, 4) is 6.07 Å². The standard InChI is InChI=1S/C6H6N2O2/c1-2-3-5(4-7)6(9)8-10/h2-3,10H,1H2,(H,8,9). The van der Waals surface area contributed by atoms with E-state index < -0.39 is 5.91 Å². The van der Waals surface area contributed by atoms with Crippen molar-refractivity contribution in [2.45, 2.75) is 0 Å². The molecule has 0 rings (SSSR count). The van der Waals surface area contributed by atoms with E-state index in [1.54, 1.807) is 6.07 Å². The summed E-state index contributed by atoms with van der Waals surface area (Å²) in [4.78, 5) is 10.4. The molecule has 0 saturated heterocycles. The summed E-state index contributed by atoms with van der Waals surface area (Å²) in [6, 6.07) is 1.57. The Hall–Kier alpha value is -1.60. The molecule has 10 heavy (non-hydrogen) atoms. The molecule has 0 radical (unpaired) electrons. The Morgan fingerprint density at radius 2 is 2.40 bits per heavy atom. The zero-order valence-electron chi connectivity index (χ0n) is 5.16. The SMILES string of the molecule is C=CC=C(C#N)C(=O)NO. The zero-order chi connectivity index (χ0) is 7.98. The number of nitriles is 1. The third-order valence-corrected chi connectivity index (χ3v) is 0.751. The number of carbonyl (C=O) groups is 1. The van der Waals surface area contributed by atoms with E-state index in [-0.39, 0.29) is 5.57 Å². The Balaban J connectivity index is 4.39. The van der Waals surface area contributed by atoms with Gasteiger partial charge in [0.1, 0.15) is 11.6 Å². The average Bonchev–Trinajstić information content (AvgIpc) is 1.99. The molecule has 0 bridgehead atoms. The van der Waals surface area contributed by atoms with Crippen molar-refractivity contribution in [2.24, 2.45) is 0 Å². The highest BCUT2D eigenvalue weighted by molar-refractivity contribution is 5.96. The van der Waals surface area contributed by atoms with Crippen LogP contribution >= 0.6 is 0 Å². The fourth-order valence-electron chi connectivity index (χ4n) is 0.342. The molecule has 0 aliphatic carbocycles. The number of allylic oxidation sites excluding steroid dienone is 2. The molecule has 0 atom stereocenters. The fourth-order valence-corrected chi connectivity index (χ4v) is 0.342. The van der Waals surface area contributed by atoms with Crippen LogP contribution < -0.4 is 5.48 Å². The van der Waals surface area contributed by atoms with Crippen molar-refractivity contribution >= 4 is 5.91 Å². The molecule has 0 spiro atoms. The summed E-state index contributed by atoms with van der Waals surface area (Å²) in [5.41, 5.74) is 1.14. The van der Waals surface area contributed by atoms with Crippen LogP contribution in [0.4, 0.5) is 0 Å². The van der Waals surface area contributed by atoms with Gasteiger partial charge in [-0.1, -0.05) is 12.7 Å². The summed E-state index contributed by atoms with van der Waals surface area (Å²) in [5, 5.41) is 16.3. The number of carbonyl (C=O) groups excluding carboxylic acids is 1. The minimum atomic E-state index is -0.831. The highest BCUT2D eigenvalue weighted by Crippen LogP contribution is 1.90. The third kappa shape index (κ3) is 2.11. The van der Waals surface area contributed by atoms with Gasteiger partial charge in [0.05, 0.1) is 0 Å². The predicted octanol–water partition coefficient (Wildman–Crippen LogP) is 0.128. The largest absolute Gasteiger partial charge is 0.288 e. The van der Waals surface area contributed by atoms with Gasteiger partial charge < -0.3 is 0 Å². The second-order valence-corrected chi connectivity index (χ2v) is 1.37. The monoisotopic (exact) mass is 138 g/mol. The van der Waals surface area contributed by atoms with Crippen molar-refractivity contribution in [1.82, 2.24) is 5.48 Å². The highest BCUT2D eigenvalue weighted by Gasteiger charge is 2.03. The van der Waals surface area contributed by atoms with Crippen molar-refractivity contribution in [3.05, 3.63) is 24.3 Å². The maximum absolute atomic E-state index is 10.4. The Labute approximate surface area is 58.0 Å². The van der Waals surface area contributed by atoms with Gasteiger partial charge in [-0.2, -0.15) is 5.26 Å². The van der Waals surface area contributed by atoms with Gasteiger partial charge >= 0.3 is 0 Å². The molecule has 4 heteroatoms. The summed E-state index contributed by atoms with van der Waals surface area (Å²) < 4.78 is 0. The molecule has 2 N–H and O–H groups in total. The Morgan fingerprint density at radius 1 is 1.80 bits per heavy atom. The van der Waals surface area contributed by atoms with Crippen molar-refractivity contribution in [2.75, 3.05) is 0 Å². The van der Waals surface area contributed by atoms with E-state index in [0.29, 0.717) is 0 Å². The van der Waals surface area contributed by atoms with E-state index in [4.69, 9.17) is 10.5 Å². The molecular formula is C6H6N2O2. The minimum absolute atomic E-state index is 0.183. The van der Waals surface area contributed by atoms with Gasteiger partial charge in [-0.05, 0) is 6.08 Å². The van der Waals surface area contributed by atoms with Crippen LogP contribution in [0.2, 0.25) is 0 Å². The van der Waals surface area contributed by atoms with E-state index in [0.717, 1.165) is 0 Å². The van der Waals surface area contributed by atoms with Gasteiger partial charge in [0.2, 0.25) is 0 Å². The molecule has 0 aromatic rings. The van der Waals surface area contributed by atoms with Crippen LogP contribution in [0.3, 0.4) is 0 Å². The lowest BCUT2D eigenvalue weighted by Gasteiger charge is -1.90. The van der Waals surface area contributed by atoms with Crippen molar-refractivity contribution in [3.63, 3.8) is 0 Å². The summed E-state index contributed by atoms with van der Waals surface area (Å²) in [5.74, 6) is -0.831. The summed E-state index contributed by atoms with van der Waals surface area (Å²) >= 11 is 0. The molecule has 0 unspecified atom stereocenters. The van der Waals surface area contributed by atoms with Crippen molar-refractivity contribution < 1.29 is 10.0 Å². The van der Waals surface area contributed by atoms with Crippen LogP contribution in [0.25, 0.3) is 0 Å². The Kier molecular flexibility index (Phi) is 3.61. The zero-order valence-corrected chi connectivity index (χ0v) is 5.16. The summed E-state index contributed by atoms with van der Waals surface area (Å²) in [6.45, 7) is 3.28. The first-order chi connectivity index (χ1) is 4.76. The smallest absolute Gasteiger partial charge is 0.285 e. The van der Waals surface area contributed by atoms with Crippen molar-refractivity contribution in [1.29, 1.82) is 5.26 Å². The van der Waals surface area contributed by atoms with E-state index in [1.165, 1.54) is 17.6 Å². The van der Waals surface area contributed by atoms with Gasteiger partial charge in [-0.3, -0.25) is 10.0 Å². The molecular weight excluding hydrogens is 132 g/mol. The van der Waals surface area contributed by atoms with Gasteiger partial charge in [-0.15, -0.1) is 0 Å². The summed E-state index contributed by atoms with van der Waals surface area (Å²) in [6.07, 6.45) is 2.49. The van der Waals surface area contributed by atoms with Crippen LogP contribution in [0.15, 0.2) is 24.3 Å². The lowest BCUT2D eigenvalue weighted by molar-refractivity contribution is -0.124. The number of rotatable bonds is 2. The molecule has 0 saturated carbocycles. The van der Waals surface area contributed by atoms with Crippen LogP contribution in [0.1, 0.15) is 0 Å². The second-order valence-electron chi connectivity index (χ2n) is 1.37. The minimum Gasteiger partial charge on any atom is -0.288 e. The number of nitrogens with one attached hydrogen (secondary N) is 1. The number of hydrogen-bond donors (Lipinski definition) is 2. The molecule has 1 amide bonds. The van der Waals surface area contributed by atoms with Gasteiger partial charge in [0.25, 0.3) is 5.91 Å². The first-order valence-corrected chi connectivity index (χ1v) is 2.43. The van der Waals surface area contributed by atoms with Crippen LogP contribution in [-0.4, -0.2) is 11.1 Å². The lowest BCUT2D eigenvalue weighted by atomic mass is 10.2. The number of nitrogens with zero attached hydrogens (tertiary/aromatic N) is 1. The topological polar surface area (TPSA) is 73.1 Å². The number of hydroxylamine groups is 1. The first kappa shape index (κ1) is 8.40. The molecule has 0 aliphatic rings. The van der Waals surface area contributed by atoms with E-state index in [2.05, 4.69) is 6.58 Å². The normalized spacial score (nSPS) is 9.80. The molecule has 0 heterocycles. The quantitative estimate of drug-likeness (QED) is 0.187. The van der Waals surface area contributed by atoms with Crippen LogP contribution in [-0.2, 0) is 4.79 Å². The number of hydrogen-bond acceptors (Lipinski definition) is 3. The van der Waals surface area contributed by atoms with Gasteiger partial charge in [0.15, 0.2) is 0 Å². The van der Waals surface area contributed by atoms with E-state index in [9.17, 15) is 4.79 Å². The van der Waals surface area contributed by atoms with Crippen LogP contribution in [0.5, 0.6) is 0 Å². The molecule has 0 aliphatic heterocycles. The fraction of sp³-hybridized carbons (Fsp3) is 0. The van der Waals surface area contributed by atoms with E-state index in [1.807, 2.05) is 0 Å². The average molecular weight is 138 g/mol. The lowest BCUT2D eigenvalue weighted by Crippen LogP contribution is -2.19. The number of amides is 1. The third-order valence-electron chi connectivity index (χ3n) is 0.751. The Bertz CT molecular complexity index is 212. The predicted molar refractivity (Wildman–Crippen MR) is 33.8 cm³/mol. The first-order valence-electron chi connectivity index (χ1n) is 2.43. The molecule has 0 aromatic heterocycles. The highest BCUT2D eigenvalue weighted by atomic mass is 16.5. The maximum Gasteiger partial charge on any atom is 0.285 e.